The Hall–Kier alpha value is -2.22. The van der Waals surface area contributed by atoms with Gasteiger partial charge < -0.3 is 20.3 Å². The quantitative estimate of drug-likeness (QED) is 0.830. The summed E-state index contributed by atoms with van der Waals surface area (Å²) < 4.78 is 29.7. The minimum absolute atomic E-state index is 0.0742. The molecule has 0 bridgehead atoms. The van der Waals surface area contributed by atoms with E-state index in [2.05, 4.69) is 4.74 Å². The molecule has 2 aliphatic heterocycles. The number of hydrogen-bond donors (Lipinski definition) is 1. The van der Waals surface area contributed by atoms with Gasteiger partial charge in [0.15, 0.2) is 0 Å². The molecule has 1 aromatic rings. The van der Waals surface area contributed by atoms with Gasteiger partial charge >= 0.3 is 6.61 Å². The van der Waals surface area contributed by atoms with Gasteiger partial charge in [-0.1, -0.05) is 12.1 Å². The van der Waals surface area contributed by atoms with Gasteiger partial charge in [0.2, 0.25) is 5.91 Å². The number of nitrogens with zero attached hydrogens (tertiary/aromatic N) is 2. The second-order valence-electron chi connectivity index (χ2n) is 7.47. The van der Waals surface area contributed by atoms with Crippen LogP contribution in [0.25, 0.3) is 0 Å². The molecule has 8 heteroatoms. The fourth-order valence-electron chi connectivity index (χ4n) is 4.02. The lowest BCUT2D eigenvalue weighted by Gasteiger charge is -2.37. The van der Waals surface area contributed by atoms with Gasteiger partial charge in [-0.2, -0.15) is 8.78 Å². The minimum Gasteiger partial charge on any atom is -0.434 e. The number of carbonyl (C=O) groups is 2. The maximum atomic E-state index is 12.9. The van der Waals surface area contributed by atoms with Crippen LogP contribution < -0.4 is 10.5 Å². The Kier molecular flexibility index (Phi) is 6.83. The van der Waals surface area contributed by atoms with Crippen LogP contribution in [0.5, 0.6) is 5.75 Å². The van der Waals surface area contributed by atoms with Crippen molar-refractivity contribution in [2.75, 3.05) is 32.7 Å². The summed E-state index contributed by atoms with van der Waals surface area (Å²) in [5.41, 5.74) is 5.81. The number of para-hydroxylation sites is 1. The maximum Gasteiger partial charge on any atom is 0.387 e. The standard InChI is InChI=1S/C20H27F2N3O3/c21-20(22)28-17-6-2-1-5-16(17)19(27)25-9-3-4-15(13-25)18(26)24-10-7-14(12-23)8-11-24/h1-2,5-6,14-15,20H,3-4,7-13,23H2. The molecule has 2 amide bonds. The molecule has 2 heterocycles. The largest absolute Gasteiger partial charge is 0.434 e. The van der Waals surface area contributed by atoms with Crippen LogP contribution in [0.2, 0.25) is 0 Å². The molecule has 3 rings (SSSR count). The lowest BCUT2D eigenvalue weighted by molar-refractivity contribution is -0.138. The molecule has 154 valence electrons. The number of alkyl halides is 2. The minimum atomic E-state index is -3.00. The number of likely N-dealkylation sites (tertiary alicyclic amines) is 2. The third kappa shape index (κ3) is 4.79. The van der Waals surface area contributed by atoms with Crippen LogP contribution in [-0.2, 0) is 4.79 Å². The molecule has 1 aromatic carbocycles. The molecule has 2 fully saturated rings. The van der Waals surface area contributed by atoms with E-state index in [9.17, 15) is 18.4 Å². The lowest BCUT2D eigenvalue weighted by Crippen LogP contribution is -2.49. The molecule has 0 saturated carbocycles. The van der Waals surface area contributed by atoms with E-state index in [1.807, 2.05) is 4.90 Å². The molecular weight excluding hydrogens is 368 g/mol. The van der Waals surface area contributed by atoms with Crippen LogP contribution in [0.15, 0.2) is 24.3 Å². The van der Waals surface area contributed by atoms with E-state index in [1.54, 1.807) is 17.0 Å². The SMILES string of the molecule is NCC1CCN(C(=O)C2CCCN(C(=O)c3ccccc3OC(F)F)C2)CC1. The Morgan fingerprint density at radius 2 is 1.82 bits per heavy atom. The van der Waals surface area contributed by atoms with Gasteiger partial charge in [0.25, 0.3) is 5.91 Å². The van der Waals surface area contributed by atoms with Crippen molar-refractivity contribution >= 4 is 11.8 Å². The first-order chi connectivity index (χ1) is 13.5. The van der Waals surface area contributed by atoms with Crippen LogP contribution in [0, 0.1) is 11.8 Å². The number of hydrogen-bond acceptors (Lipinski definition) is 4. The van der Waals surface area contributed by atoms with Gasteiger partial charge in [-0.25, -0.2) is 0 Å². The van der Waals surface area contributed by atoms with Crippen LogP contribution in [-0.4, -0.2) is 60.9 Å². The van der Waals surface area contributed by atoms with Gasteiger partial charge in [-0.05, 0) is 50.3 Å². The molecule has 0 spiro atoms. The van der Waals surface area contributed by atoms with E-state index in [1.165, 1.54) is 12.1 Å². The fourth-order valence-corrected chi connectivity index (χ4v) is 4.02. The van der Waals surface area contributed by atoms with E-state index in [0.29, 0.717) is 45.1 Å². The van der Waals surface area contributed by atoms with Gasteiger partial charge in [-0.3, -0.25) is 9.59 Å². The number of ether oxygens (including phenoxy) is 1. The monoisotopic (exact) mass is 395 g/mol. The van der Waals surface area contributed by atoms with Crippen molar-refractivity contribution in [1.82, 2.24) is 9.80 Å². The zero-order valence-electron chi connectivity index (χ0n) is 15.9. The van der Waals surface area contributed by atoms with Crippen LogP contribution in [0.1, 0.15) is 36.0 Å². The molecule has 1 atom stereocenters. The van der Waals surface area contributed by atoms with E-state index in [4.69, 9.17) is 5.73 Å². The summed E-state index contributed by atoms with van der Waals surface area (Å²) in [7, 11) is 0. The third-order valence-electron chi connectivity index (χ3n) is 5.65. The van der Waals surface area contributed by atoms with E-state index < -0.39 is 6.61 Å². The number of piperidine rings is 2. The summed E-state index contributed by atoms with van der Waals surface area (Å²) in [6.45, 7) is -0.139. The van der Waals surface area contributed by atoms with Crippen molar-refractivity contribution in [2.24, 2.45) is 17.6 Å². The van der Waals surface area contributed by atoms with Crippen molar-refractivity contribution in [1.29, 1.82) is 0 Å². The van der Waals surface area contributed by atoms with Crippen molar-refractivity contribution in [2.45, 2.75) is 32.3 Å². The highest BCUT2D eigenvalue weighted by Crippen LogP contribution is 2.27. The van der Waals surface area contributed by atoms with Gasteiger partial charge in [0.05, 0.1) is 11.5 Å². The smallest absolute Gasteiger partial charge is 0.387 e. The average molecular weight is 395 g/mol. The van der Waals surface area contributed by atoms with E-state index in [0.717, 1.165) is 19.3 Å². The molecule has 0 aliphatic carbocycles. The summed E-state index contributed by atoms with van der Waals surface area (Å²) in [6.07, 6.45) is 3.26. The number of benzene rings is 1. The fraction of sp³-hybridized carbons (Fsp3) is 0.600. The zero-order chi connectivity index (χ0) is 20.1. The van der Waals surface area contributed by atoms with Crippen LogP contribution in [0.4, 0.5) is 8.78 Å². The Labute approximate surface area is 163 Å². The first-order valence-electron chi connectivity index (χ1n) is 9.81. The predicted octanol–water partition coefficient (Wildman–Crippen LogP) is 2.34. The summed E-state index contributed by atoms with van der Waals surface area (Å²) in [5, 5.41) is 0. The van der Waals surface area contributed by atoms with E-state index in [-0.39, 0.29) is 29.0 Å². The maximum absolute atomic E-state index is 12.9. The highest BCUT2D eigenvalue weighted by molar-refractivity contribution is 5.97. The normalized spacial score (nSPS) is 21.1. The van der Waals surface area contributed by atoms with Gasteiger partial charge in [-0.15, -0.1) is 0 Å². The summed E-state index contributed by atoms with van der Waals surface area (Å²) in [4.78, 5) is 29.2. The molecule has 2 N–H and O–H groups in total. The second kappa shape index (κ2) is 9.32. The number of carbonyl (C=O) groups excluding carboxylic acids is 2. The van der Waals surface area contributed by atoms with Crippen LogP contribution in [0.3, 0.4) is 0 Å². The van der Waals surface area contributed by atoms with Crippen molar-refractivity contribution in [3.8, 4) is 5.75 Å². The zero-order valence-corrected chi connectivity index (χ0v) is 15.9. The van der Waals surface area contributed by atoms with Crippen molar-refractivity contribution < 1.29 is 23.1 Å². The first-order valence-corrected chi connectivity index (χ1v) is 9.81. The van der Waals surface area contributed by atoms with Crippen molar-refractivity contribution in [3.63, 3.8) is 0 Å². The second-order valence-corrected chi connectivity index (χ2v) is 7.47. The molecule has 2 saturated heterocycles. The highest BCUT2D eigenvalue weighted by atomic mass is 19.3. The molecule has 28 heavy (non-hydrogen) atoms. The molecule has 6 nitrogen and oxygen atoms in total. The Morgan fingerprint density at radius 3 is 2.50 bits per heavy atom. The summed E-state index contributed by atoms with van der Waals surface area (Å²) in [6, 6.07) is 5.98. The number of halogens is 2. The number of rotatable bonds is 5. The Morgan fingerprint density at radius 1 is 1.11 bits per heavy atom. The van der Waals surface area contributed by atoms with Crippen LogP contribution >= 0.6 is 0 Å². The molecular formula is C20H27F2N3O3. The Bertz CT molecular complexity index is 693. The number of nitrogens with two attached hydrogens (primary N) is 1. The highest BCUT2D eigenvalue weighted by Gasteiger charge is 2.33. The molecule has 2 aliphatic rings. The number of amides is 2. The first kappa shape index (κ1) is 20.5. The molecule has 0 radical (unpaired) electrons. The lowest BCUT2D eigenvalue weighted by atomic mass is 9.92. The third-order valence-corrected chi connectivity index (χ3v) is 5.65. The molecule has 0 aromatic heterocycles. The molecule has 1 unspecified atom stereocenters. The predicted molar refractivity (Wildman–Crippen MR) is 100 cm³/mol. The van der Waals surface area contributed by atoms with E-state index >= 15 is 0 Å². The average Bonchev–Trinajstić information content (AvgIpc) is 2.73. The topological polar surface area (TPSA) is 75.9 Å². The van der Waals surface area contributed by atoms with Gasteiger partial charge in [0.1, 0.15) is 5.75 Å². The summed E-state index contributed by atoms with van der Waals surface area (Å²) >= 11 is 0. The Balaban J connectivity index is 1.65. The van der Waals surface area contributed by atoms with Crippen molar-refractivity contribution in [3.05, 3.63) is 29.8 Å². The summed E-state index contributed by atoms with van der Waals surface area (Å²) in [5.74, 6) is -0.226. The van der Waals surface area contributed by atoms with Gasteiger partial charge in [0, 0.05) is 26.2 Å².